The maximum absolute atomic E-state index is 11.8. The molecule has 1 aromatic carbocycles. The summed E-state index contributed by atoms with van der Waals surface area (Å²) in [5.74, 6) is 0.642. The van der Waals surface area contributed by atoms with Crippen molar-refractivity contribution in [2.75, 3.05) is 26.9 Å². The molecule has 1 aliphatic heterocycles. The molecule has 5 nitrogen and oxygen atoms in total. The van der Waals surface area contributed by atoms with Crippen LogP contribution in [0.3, 0.4) is 0 Å². The van der Waals surface area contributed by atoms with Crippen molar-refractivity contribution in [2.45, 2.75) is 25.4 Å². The Morgan fingerprint density at radius 3 is 2.65 bits per heavy atom. The molecule has 0 aromatic heterocycles. The lowest BCUT2D eigenvalue weighted by Crippen LogP contribution is -2.41. The summed E-state index contributed by atoms with van der Waals surface area (Å²) in [7, 11) is 1.91. The number of carbonyl (C=O) groups excluding carboxylic acids is 1. The van der Waals surface area contributed by atoms with E-state index in [1.807, 2.05) is 31.3 Å². The molecule has 1 aromatic rings. The summed E-state index contributed by atoms with van der Waals surface area (Å²) < 4.78 is 10.7. The molecule has 0 radical (unpaired) electrons. The van der Waals surface area contributed by atoms with Gasteiger partial charge in [-0.1, -0.05) is 12.1 Å². The Morgan fingerprint density at radius 1 is 1.30 bits per heavy atom. The van der Waals surface area contributed by atoms with Crippen LogP contribution < -0.4 is 15.4 Å². The number of amides is 1. The van der Waals surface area contributed by atoms with Gasteiger partial charge in [0.2, 0.25) is 0 Å². The van der Waals surface area contributed by atoms with Crippen LogP contribution in [0.15, 0.2) is 24.3 Å². The van der Waals surface area contributed by atoms with Gasteiger partial charge in [-0.25, -0.2) is 0 Å². The molecule has 1 aliphatic rings. The fourth-order valence-corrected chi connectivity index (χ4v) is 2.17. The zero-order valence-electron chi connectivity index (χ0n) is 11.9. The molecule has 5 heteroatoms. The minimum atomic E-state index is -0.0730. The van der Waals surface area contributed by atoms with Crippen LogP contribution in [0.2, 0.25) is 0 Å². The highest BCUT2D eigenvalue weighted by molar-refractivity contribution is 5.77. The topological polar surface area (TPSA) is 59.6 Å². The van der Waals surface area contributed by atoms with E-state index < -0.39 is 0 Å². The first kappa shape index (κ1) is 14.8. The Balaban J connectivity index is 1.72. The van der Waals surface area contributed by atoms with E-state index in [4.69, 9.17) is 9.47 Å². The van der Waals surface area contributed by atoms with E-state index in [0.717, 1.165) is 32.6 Å². The predicted octanol–water partition coefficient (Wildman–Crippen LogP) is 1.08. The molecule has 2 rings (SSSR count). The maximum Gasteiger partial charge on any atom is 0.258 e. The van der Waals surface area contributed by atoms with Crippen LogP contribution in [0.25, 0.3) is 0 Å². The molecule has 1 heterocycles. The second-order valence-electron chi connectivity index (χ2n) is 4.92. The predicted molar refractivity (Wildman–Crippen MR) is 76.7 cm³/mol. The molecular formula is C15H22N2O3. The Kier molecular flexibility index (Phi) is 5.83. The molecule has 0 spiro atoms. The first-order valence-electron chi connectivity index (χ1n) is 7.01. The average Bonchev–Trinajstić information content (AvgIpc) is 2.48. The van der Waals surface area contributed by atoms with Gasteiger partial charge in [-0.15, -0.1) is 0 Å². The number of ether oxygens (including phenoxy) is 2. The third kappa shape index (κ3) is 4.83. The highest BCUT2D eigenvalue weighted by Gasteiger charge is 2.16. The molecule has 1 saturated heterocycles. The third-order valence-corrected chi connectivity index (χ3v) is 3.26. The molecule has 1 amide bonds. The summed E-state index contributed by atoms with van der Waals surface area (Å²) in [6, 6.07) is 7.96. The molecule has 20 heavy (non-hydrogen) atoms. The smallest absolute Gasteiger partial charge is 0.258 e. The summed E-state index contributed by atoms with van der Waals surface area (Å²) in [5.41, 5.74) is 1.19. The van der Waals surface area contributed by atoms with Crippen molar-refractivity contribution in [1.82, 2.24) is 10.6 Å². The van der Waals surface area contributed by atoms with Crippen LogP contribution in [-0.2, 0) is 16.1 Å². The highest BCUT2D eigenvalue weighted by Crippen LogP contribution is 2.12. The van der Waals surface area contributed by atoms with Gasteiger partial charge in [0.15, 0.2) is 6.61 Å². The molecule has 0 atom stereocenters. The lowest BCUT2D eigenvalue weighted by molar-refractivity contribution is -0.124. The van der Waals surface area contributed by atoms with Gasteiger partial charge in [0, 0.05) is 25.8 Å². The van der Waals surface area contributed by atoms with Crippen molar-refractivity contribution in [3.05, 3.63) is 29.8 Å². The molecule has 110 valence electrons. The SMILES string of the molecule is CNCc1ccc(OCC(=O)NC2CCOCC2)cc1. The zero-order valence-corrected chi connectivity index (χ0v) is 11.9. The van der Waals surface area contributed by atoms with Crippen molar-refractivity contribution >= 4 is 5.91 Å². The number of hydrogen-bond donors (Lipinski definition) is 2. The minimum Gasteiger partial charge on any atom is -0.484 e. The summed E-state index contributed by atoms with van der Waals surface area (Å²) in [4.78, 5) is 11.8. The lowest BCUT2D eigenvalue weighted by Gasteiger charge is -2.23. The standard InChI is InChI=1S/C15H22N2O3/c1-16-10-12-2-4-14(5-3-12)20-11-15(18)17-13-6-8-19-9-7-13/h2-5,13,16H,6-11H2,1H3,(H,17,18). The van der Waals surface area contributed by atoms with Crippen LogP contribution in [0.1, 0.15) is 18.4 Å². The number of rotatable bonds is 6. The molecule has 2 N–H and O–H groups in total. The van der Waals surface area contributed by atoms with E-state index in [1.165, 1.54) is 5.56 Å². The van der Waals surface area contributed by atoms with Crippen LogP contribution >= 0.6 is 0 Å². The first-order chi connectivity index (χ1) is 9.78. The van der Waals surface area contributed by atoms with E-state index in [-0.39, 0.29) is 18.6 Å². The Morgan fingerprint density at radius 2 is 2.00 bits per heavy atom. The first-order valence-corrected chi connectivity index (χ1v) is 7.01. The van der Waals surface area contributed by atoms with Crippen LogP contribution in [-0.4, -0.2) is 38.8 Å². The quantitative estimate of drug-likeness (QED) is 0.817. The van der Waals surface area contributed by atoms with Gasteiger partial charge in [0.05, 0.1) is 0 Å². The number of benzene rings is 1. The van der Waals surface area contributed by atoms with Gasteiger partial charge in [-0.3, -0.25) is 4.79 Å². The minimum absolute atomic E-state index is 0.0583. The fourth-order valence-electron chi connectivity index (χ4n) is 2.17. The van der Waals surface area contributed by atoms with Crippen molar-refractivity contribution in [3.63, 3.8) is 0 Å². The molecule has 1 fully saturated rings. The normalized spacial score (nSPS) is 15.8. The molecule has 0 bridgehead atoms. The molecular weight excluding hydrogens is 256 g/mol. The van der Waals surface area contributed by atoms with E-state index >= 15 is 0 Å². The number of carbonyl (C=O) groups is 1. The molecule has 0 aliphatic carbocycles. The maximum atomic E-state index is 11.8. The third-order valence-electron chi connectivity index (χ3n) is 3.26. The van der Waals surface area contributed by atoms with Gasteiger partial charge in [-0.05, 0) is 37.6 Å². The van der Waals surface area contributed by atoms with E-state index in [2.05, 4.69) is 10.6 Å². The van der Waals surface area contributed by atoms with E-state index in [9.17, 15) is 4.79 Å². The van der Waals surface area contributed by atoms with Gasteiger partial charge >= 0.3 is 0 Å². The van der Waals surface area contributed by atoms with Crippen molar-refractivity contribution in [1.29, 1.82) is 0 Å². The second kappa shape index (κ2) is 7.87. The largest absolute Gasteiger partial charge is 0.484 e. The van der Waals surface area contributed by atoms with Crippen molar-refractivity contribution in [2.24, 2.45) is 0 Å². The van der Waals surface area contributed by atoms with Crippen LogP contribution in [0.4, 0.5) is 0 Å². The Labute approximate surface area is 119 Å². The Hall–Kier alpha value is -1.59. The number of hydrogen-bond acceptors (Lipinski definition) is 4. The number of nitrogens with one attached hydrogen (secondary N) is 2. The Bertz CT molecular complexity index is 414. The summed E-state index contributed by atoms with van der Waals surface area (Å²) in [6.07, 6.45) is 1.76. The van der Waals surface area contributed by atoms with Crippen molar-refractivity contribution in [3.8, 4) is 5.75 Å². The van der Waals surface area contributed by atoms with Gasteiger partial charge in [0.25, 0.3) is 5.91 Å². The van der Waals surface area contributed by atoms with Gasteiger partial charge in [-0.2, -0.15) is 0 Å². The van der Waals surface area contributed by atoms with E-state index in [1.54, 1.807) is 0 Å². The van der Waals surface area contributed by atoms with Crippen molar-refractivity contribution < 1.29 is 14.3 Å². The van der Waals surface area contributed by atoms with Gasteiger partial charge < -0.3 is 20.1 Å². The second-order valence-corrected chi connectivity index (χ2v) is 4.92. The average molecular weight is 278 g/mol. The van der Waals surface area contributed by atoms with Gasteiger partial charge in [0.1, 0.15) is 5.75 Å². The summed E-state index contributed by atoms with van der Waals surface area (Å²) in [6.45, 7) is 2.32. The highest BCUT2D eigenvalue weighted by atomic mass is 16.5. The summed E-state index contributed by atoms with van der Waals surface area (Å²) >= 11 is 0. The van der Waals surface area contributed by atoms with Crippen LogP contribution in [0, 0.1) is 0 Å². The van der Waals surface area contributed by atoms with E-state index in [0.29, 0.717) is 5.75 Å². The van der Waals surface area contributed by atoms with Crippen LogP contribution in [0.5, 0.6) is 5.75 Å². The fraction of sp³-hybridized carbons (Fsp3) is 0.533. The monoisotopic (exact) mass is 278 g/mol. The zero-order chi connectivity index (χ0) is 14.2. The summed E-state index contributed by atoms with van der Waals surface area (Å²) in [5, 5.41) is 6.05. The molecule has 0 saturated carbocycles. The molecule has 0 unspecified atom stereocenters. The lowest BCUT2D eigenvalue weighted by atomic mass is 10.1.